The molecule has 1 heterocycles. The molecule has 1 amide bonds. The van der Waals surface area contributed by atoms with Gasteiger partial charge in [-0.1, -0.05) is 55.3 Å². The Morgan fingerprint density at radius 3 is 2.16 bits per heavy atom. The SMILES string of the molecule is Cc1ccc(C)c(NC(=O)[C@H](OC(=O)c2ccc(S(=O)(=O)N3CCCCCC3)cc2)c2ccccc2)c1. The Kier molecular flexibility index (Phi) is 8.41. The molecule has 1 aliphatic rings. The molecule has 194 valence electrons. The third kappa shape index (κ3) is 6.45. The molecule has 0 spiro atoms. The van der Waals surface area contributed by atoms with Crippen LogP contribution in [0.2, 0.25) is 0 Å². The largest absolute Gasteiger partial charge is 0.444 e. The Balaban J connectivity index is 1.53. The molecular formula is C29H32N2O5S. The number of hydrogen-bond acceptors (Lipinski definition) is 5. The van der Waals surface area contributed by atoms with Crippen LogP contribution in [0.25, 0.3) is 0 Å². The summed E-state index contributed by atoms with van der Waals surface area (Å²) >= 11 is 0. The lowest BCUT2D eigenvalue weighted by Gasteiger charge is -2.20. The molecule has 8 heteroatoms. The molecular weight excluding hydrogens is 488 g/mol. The van der Waals surface area contributed by atoms with Gasteiger partial charge in [0.1, 0.15) is 0 Å². The number of hydrogen-bond donors (Lipinski definition) is 1. The number of sulfonamides is 1. The molecule has 0 aliphatic carbocycles. The van der Waals surface area contributed by atoms with E-state index in [4.69, 9.17) is 4.74 Å². The fourth-order valence-corrected chi connectivity index (χ4v) is 5.86. The second-order valence-electron chi connectivity index (χ2n) is 9.35. The molecule has 0 radical (unpaired) electrons. The summed E-state index contributed by atoms with van der Waals surface area (Å²) in [5.74, 6) is -1.20. The monoisotopic (exact) mass is 520 g/mol. The van der Waals surface area contributed by atoms with E-state index in [-0.39, 0.29) is 10.5 Å². The van der Waals surface area contributed by atoms with Crippen LogP contribution >= 0.6 is 0 Å². The molecule has 1 atom stereocenters. The maximum Gasteiger partial charge on any atom is 0.339 e. The van der Waals surface area contributed by atoms with Gasteiger partial charge in [-0.25, -0.2) is 13.2 Å². The third-order valence-electron chi connectivity index (χ3n) is 6.51. The molecule has 0 saturated carbocycles. The highest BCUT2D eigenvalue weighted by atomic mass is 32.2. The van der Waals surface area contributed by atoms with Crippen molar-refractivity contribution in [3.63, 3.8) is 0 Å². The fraction of sp³-hybridized carbons (Fsp3) is 0.310. The average molecular weight is 521 g/mol. The Hall–Kier alpha value is -3.49. The number of ether oxygens (including phenoxy) is 1. The van der Waals surface area contributed by atoms with Crippen LogP contribution in [0, 0.1) is 13.8 Å². The molecule has 0 bridgehead atoms. The van der Waals surface area contributed by atoms with Gasteiger partial charge in [0.15, 0.2) is 0 Å². The topological polar surface area (TPSA) is 92.8 Å². The number of nitrogens with one attached hydrogen (secondary N) is 1. The van der Waals surface area contributed by atoms with Gasteiger partial charge < -0.3 is 10.1 Å². The van der Waals surface area contributed by atoms with Crippen LogP contribution in [0.5, 0.6) is 0 Å². The van der Waals surface area contributed by atoms with Crippen molar-refractivity contribution in [2.45, 2.75) is 50.5 Å². The molecule has 1 saturated heterocycles. The number of nitrogens with zero attached hydrogens (tertiary/aromatic N) is 1. The van der Waals surface area contributed by atoms with Gasteiger partial charge in [0.2, 0.25) is 16.1 Å². The van der Waals surface area contributed by atoms with Gasteiger partial charge in [-0.05, 0) is 68.1 Å². The third-order valence-corrected chi connectivity index (χ3v) is 8.42. The Labute approximate surface area is 218 Å². The number of anilines is 1. The predicted molar refractivity (Wildman–Crippen MR) is 143 cm³/mol. The molecule has 4 rings (SSSR count). The molecule has 1 N–H and O–H groups in total. The van der Waals surface area contributed by atoms with Gasteiger partial charge in [0.25, 0.3) is 5.91 Å². The zero-order chi connectivity index (χ0) is 26.4. The van der Waals surface area contributed by atoms with Crippen molar-refractivity contribution in [2.24, 2.45) is 0 Å². The molecule has 7 nitrogen and oxygen atoms in total. The summed E-state index contributed by atoms with van der Waals surface area (Å²) in [5.41, 5.74) is 3.21. The first-order valence-electron chi connectivity index (χ1n) is 12.5. The molecule has 3 aromatic carbocycles. The number of amides is 1. The average Bonchev–Trinajstić information content (AvgIpc) is 3.20. The minimum absolute atomic E-state index is 0.137. The summed E-state index contributed by atoms with van der Waals surface area (Å²) in [4.78, 5) is 26.4. The Bertz CT molecular complexity index is 1350. The van der Waals surface area contributed by atoms with Gasteiger partial charge in [0, 0.05) is 24.3 Å². The standard InChI is InChI=1S/C29H32N2O5S/c1-21-12-13-22(2)26(20-21)30-28(32)27(23-10-6-5-7-11-23)36-29(33)24-14-16-25(17-15-24)37(34,35)31-18-8-3-4-9-19-31/h5-7,10-17,20,27H,3-4,8-9,18-19H2,1-2H3,(H,30,32)/t27-/m1/s1. The Morgan fingerprint density at radius 2 is 1.51 bits per heavy atom. The number of carbonyl (C=O) groups is 2. The maximum atomic E-state index is 13.3. The van der Waals surface area contributed by atoms with E-state index in [1.807, 2.05) is 38.1 Å². The normalized spacial score (nSPS) is 15.4. The van der Waals surface area contributed by atoms with Crippen LogP contribution in [0.3, 0.4) is 0 Å². The van der Waals surface area contributed by atoms with Crippen molar-refractivity contribution in [2.75, 3.05) is 18.4 Å². The van der Waals surface area contributed by atoms with E-state index in [9.17, 15) is 18.0 Å². The van der Waals surface area contributed by atoms with Crippen LogP contribution in [0.4, 0.5) is 5.69 Å². The van der Waals surface area contributed by atoms with Gasteiger partial charge >= 0.3 is 5.97 Å². The van der Waals surface area contributed by atoms with Crippen LogP contribution in [0.15, 0.2) is 77.7 Å². The van der Waals surface area contributed by atoms with E-state index in [1.165, 1.54) is 28.6 Å². The van der Waals surface area contributed by atoms with Gasteiger partial charge in [-0.3, -0.25) is 4.79 Å². The zero-order valence-electron chi connectivity index (χ0n) is 21.1. The minimum atomic E-state index is -3.63. The summed E-state index contributed by atoms with van der Waals surface area (Å²) in [6.45, 7) is 4.82. The summed E-state index contributed by atoms with van der Waals surface area (Å²) in [5, 5.41) is 2.88. The maximum absolute atomic E-state index is 13.3. The lowest BCUT2D eigenvalue weighted by atomic mass is 10.1. The summed E-state index contributed by atoms with van der Waals surface area (Å²) in [6, 6.07) is 20.2. The molecule has 1 fully saturated rings. The van der Waals surface area contributed by atoms with Gasteiger partial charge in [0.05, 0.1) is 10.5 Å². The lowest BCUT2D eigenvalue weighted by molar-refractivity contribution is -0.125. The van der Waals surface area contributed by atoms with E-state index in [1.54, 1.807) is 24.3 Å². The van der Waals surface area contributed by atoms with E-state index < -0.39 is 28.0 Å². The number of rotatable bonds is 7. The van der Waals surface area contributed by atoms with E-state index in [0.717, 1.165) is 36.8 Å². The zero-order valence-corrected chi connectivity index (χ0v) is 22.0. The van der Waals surface area contributed by atoms with Crippen LogP contribution < -0.4 is 5.32 Å². The van der Waals surface area contributed by atoms with Crippen molar-refractivity contribution in [1.29, 1.82) is 0 Å². The van der Waals surface area contributed by atoms with Crippen molar-refractivity contribution >= 4 is 27.6 Å². The molecule has 3 aromatic rings. The number of esters is 1. The van der Waals surface area contributed by atoms with E-state index in [2.05, 4.69) is 5.32 Å². The predicted octanol–water partition coefficient (Wildman–Crippen LogP) is 5.40. The van der Waals surface area contributed by atoms with Gasteiger partial charge in [-0.2, -0.15) is 4.31 Å². The number of aryl methyl sites for hydroxylation is 2. The van der Waals surface area contributed by atoms with Crippen LogP contribution in [-0.4, -0.2) is 37.7 Å². The summed E-state index contributed by atoms with van der Waals surface area (Å²) in [6.07, 6.45) is 2.55. The molecule has 0 unspecified atom stereocenters. The molecule has 0 aromatic heterocycles. The van der Waals surface area contributed by atoms with Crippen molar-refractivity contribution in [1.82, 2.24) is 4.31 Å². The number of carbonyl (C=O) groups excluding carboxylic acids is 2. The molecule has 37 heavy (non-hydrogen) atoms. The van der Waals surface area contributed by atoms with Crippen molar-refractivity contribution in [3.05, 3.63) is 95.1 Å². The van der Waals surface area contributed by atoms with Crippen molar-refractivity contribution in [3.8, 4) is 0 Å². The summed E-state index contributed by atoms with van der Waals surface area (Å²) in [7, 11) is -3.63. The second-order valence-corrected chi connectivity index (χ2v) is 11.3. The lowest BCUT2D eigenvalue weighted by Crippen LogP contribution is -2.32. The first-order valence-corrected chi connectivity index (χ1v) is 13.9. The Morgan fingerprint density at radius 1 is 0.865 bits per heavy atom. The highest BCUT2D eigenvalue weighted by Crippen LogP contribution is 2.25. The second kappa shape index (κ2) is 11.7. The first-order chi connectivity index (χ1) is 17.8. The minimum Gasteiger partial charge on any atom is -0.444 e. The summed E-state index contributed by atoms with van der Waals surface area (Å²) < 4.78 is 33.3. The fourth-order valence-electron chi connectivity index (χ4n) is 4.34. The van der Waals surface area contributed by atoms with Gasteiger partial charge in [-0.15, -0.1) is 0 Å². The highest BCUT2D eigenvalue weighted by molar-refractivity contribution is 7.89. The van der Waals surface area contributed by atoms with Crippen molar-refractivity contribution < 1.29 is 22.7 Å². The number of benzene rings is 3. The van der Waals surface area contributed by atoms with Crippen LogP contribution in [-0.2, 0) is 19.6 Å². The quantitative estimate of drug-likeness (QED) is 0.421. The van der Waals surface area contributed by atoms with E-state index >= 15 is 0 Å². The highest BCUT2D eigenvalue weighted by Gasteiger charge is 2.28. The smallest absolute Gasteiger partial charge is 0.339 e. The first kappa shape index (κ1) is 26.6. The molecule has 1 aliphatic heterocycles. The van der Waals surface area contributed by atoms with Crippen LogP contribution in [0.1, 0.15) is 58.8 Å². The van der Waals surface area contributed by atoms with E-state index in [0.29, 0.717) is 24.3 Å².